The van der Waals surface area contributed by atoms with E-state index < -0.39 is 11.7 Å². The number of halogens is 3. The molecule has 3 aromatic carbocycles. The molecule has 2 bridgehead atoms. The zero-order chi connectivity index (χ0) is 23.4. The minimum Gasteiger partial charge on any atom is -0.378 e. The van der Waals surface area contributed by atoms with Crippen LogP contribution in [-0.2, 0) is 6.18 Å². The van der Waals surface area contributed by atoms with Gasteiger partial charge in [-0.25, -0.2) is 0 Å². The molecule has 0 saturated heterocycles. The summed E-state index contributed by atoms with van der Waals surface area (Å²) in [4.78, 5) is 13.0. The van der Waals surface area contributed by atoms with Crippen LogP contribution in [-0.4, -0.2) is 5.91 Å². The van der Waals surface area contributed by atoms with Crippen molar-refractivity contribution in [1.29, 1.82) is 0 Å². The van der Waals surface area contributed by atoms with Gasteiger partial charge in [0.1, 0.15) is 0 Å². The first-order valence-corrected chi connectivity index (χ1v) is 11.8. The van der Waals surface area contributed by atoms with Crippen LogP contribution in [0.25, 0.3) is 0 Å². The summed E-state index contributed by atoms with van der Waals surface area (Å²) < 4.78 is 38.5. The molecule has 1 amide bonds. The highest BCUT2D eigenvalue weighted by Crippen LogP contribution is 2.63. The van der Waals surface area contributed by atoms with Gasteiger partial charge in [0.25, 0.3) is 5.91 Å². The molecule has 2 fully saturated rings. The lowest BCUT2D eigenvalue weighted by molar-refractivity contribution is -0.137. The van der Waals surface area contributed by atoms with E-state index >= 15 is 0 Å². The standard InChI is InChI=1S/C28H25F3N2O/c29-28(30,31)20-9-11-21(12-10-20)32-27(34)19-8-13-23-22(15-19)24-17-6-7-18(14-17)25(24)26(33-23)16-4-2-1-3-5-16/h1-5,8-13,15,17-18,24-26,33H,6-7,14H2,(H,32,34)/t17-,18-,24-,25-,26+/m0/s1. The zero-order valence-corrected chi connectivity index (χ0v) is 18.5. The fourth-order valence-electron chi connectivity index (χ4n) is 6.56. The largest absolute Gasteiger partial charge is 0.416 e. The predicted molar refractivity (Wildman–Crippen MR) is 126 cm³/mol. The van der Waals surface area contributed by atoms with Gasteiger partial charge in [-0.3, -0.25) is 4.79 Å². The van der Waals surface area contributed by atoms with E-state index in [2.05, 4.69) is 34.9 Å². The minimum absolute atomic E-state index is 0.265. The molecule has 3 nitrogen and oxygen atoms in total. The number of fused-ring (bicyclic) bond motifs is 7. The molecule has 0 spiro atoms. The number of hydrogen-bond acceptors (Lipinski definition) is 2. The first-order valence-electron chi connectivity index (χ1n) is 11.8. The summed E-state index contributed by atoms with van der Waals surface area (Å²) in [5.41, 5.74) is 3.72. The number of anilines is 2. The number of hydrogen-bond donors (Lipinski definition) is 2. The molecule has 34 heavy (non-hydrogen) atoms. The fraction of sp³-hybridized carbons (Fsp3) is 0.321. The summed E-state index contributed by atoms with van der Waals surface area (Å²) in [7, 11) is 0. The smallest absolute Gasteiger partial charge is 0.378 e. The lowest BCUT2D eigenvalue weighted by Gasteiger charge is -2.43. The van der Waals surface area contributed by atoms with Gasteiger partial charge in [0.2, 0.25) is 0 Å². The van der Waals surface area contributed by atoms with E-state index in [0.717, 1.165) is 17.8 Å². The van der Waals surface area contributed by atoms with Crippen molar-refractivity contribution in [3.8, 4) is 0 Å². The Labute approximate surface area is 196 Å². The topological polar surface area (TPSA) is 41.1 Å². The first-order chi connectivity index (χ1) is 16.4. The molecule has 3 aliphatic rings. The molecule has 0 aromatic heterocycles. The second-order valence-electron chi connectivity index (χ2n) is 9.80. The third-order valence-corrected chi connectivity index (χ3v) is 7.98. The summed E-state index contributed by atoms with van der Waals surface area (Å²) in [6, 6.07) is 21.2. The van der Waals surface area contributed by atoms with Gasteiger partial charge >= 0.3 is 6.18 Å². The van der Waals surface area contributed by atoms with Crippen LogP contribution in [0.3, 0.4) is 0 Å². The molecule has 174 valence electrons. The van der Waals surface area contributed by atoms with Crippen LogP contribution in [0.5, 0.6) is 0 Å². The van der Waals surface area contributed by atoms with Crippen molar-refractivity contribution >= 4 is 17.3 Å². The number of alkyl halides is 3. The van der Waals surface area contributed by atoms with Crippen LogP contribution >= 0.6 is 0 Å². The number of carbonyl (C=O) groups is 1. The van der Waals surface area contributed by atoms with Gasteiger partial charge in [-0.2, -0.15) is 13.2 Å². The van der Waals surface area contributed by atoms with E-state index in [0.29, 0.717) is 34.9 Å². The Hall–Kier alpha value is -3.28. The minimum atomic E-state index is -4.40. The molecular weight excluding hydrogens is 437 g/mol. The Morgan fingerprint density at radius 3 is 2.38 bits per heavy atom. The molecule has 6 heteroatoms. The second kappa shape index (κ2) is 7.90. The second-order valence-corrected chi connectivity index (χ2v) is 9.80. The summed E-state index contributed by atoms with van der Waals surface area (Å²) >= 11 is 0. The number of nitrogens with one attached hydrogen (secondary N) is 2. The van der Waals surface area contributed by atoms with Crippen molar-refractivity contribution in [2.75, 3.05) is 10.6 Å². The van der Waals surface area contributed by atoms with E-state index in [-0.39, 0.29) is 11.9 Å². The molecule has 2 N–H and O–H groups in total. The average Bonchev–Trinajstić information content (AvgIpc) is 3.46. The Morgan fingerprint density at radius 2 is 1.65 bits per heavy atom. The lowest BCUT2D eigenvalue weighted by atomic mass is 9.68. The first kappa shape index (κ1) is 21.3. The SMILES string of the molecule is O=C(Nc1ccc(C(F)(F)F)cc1)c1ccc2c(c1)[C@@H]1[C@H]3CC[C@@H](C3)[C@@H]1[C@@H](c1ccccc1)N2. The monoisotopic (exact) mass is 462 g/mol. The van der Waals surface area contributed by atoms with Crippen LogP contribution in [0.4, 0.5) is 24.5 Å². The zero-order valence-electron chi connectivity index (χ0n) is 18.5. The Kier molecular flexibility index (Phi) is 4.94. The summed E-state index contributed by atoms with van der Waals surface area (Å²) in [6.45, 7) is 0. The highest BCUT2D eigenvalue weighted by atomic mass is 19.4. The van der Waals surface area contributed by atoms with Crippen molar-refractivity contribution in [3.63, 3.8) is 0 Å². The van der Waals surface area contributed by atoms with Crippen LogP contribution < -0.4 is 10.6 Å². The number of benzene rings is 3. The lowest BCUT2D eigenvalue weighted by Crippen LogP contribution is -2.35. The predicted octanol–water partition coefficient (Wildman–Crippen LogP) is 7.25. The summed E-state index contributed by atoms with van der Waals surface area (Å²) in [5.74, 6) is 1.93. The van der Waals surface area contributed by atoms with Crippen molar-refractivity contribution < 1.29 is 18.0 Å². The van der Waals surface area contributed by atoms with Gasteiger partial charge in [0.05, 0.1) is 11.6 Å². The van der Waals surface area contributed by atoms with Crippen LogP contribution in [0.2, 0.25) is 0 Å². The Bertz CT molecular complexity index is 1220. The molecule has 5 atom stereocenters. The highest BCUT2D eigenvalue weighted by Gasteiger charge is 2.53. The van der Waals surface area contributed by atoms with Crippen molar-refractivity contribution in [1.82, 2.24) is 0 Å². The highest BCUT2D eigenvalue weighted by molar-refractivity contribution is 6.04. The van der Waals surface area contributed by atoms with E-state index in [1.54, 1.807) is 6.07 Å². The Balaban J connectivity index is 1.29. The maximum absolute atomic E-state index is 13.0. The van der Waals surface area contributed by atoms with Crippen LogP contribution in [0, 0.1) is 17.8 Å². The molecule has 0 radical (unpaired) electrons. The van der Waals surface area contributed by atoms with E-state index in [1.165, 1.54) is 42.5 Å². The van der Waals surface area contributed by atoms with Gasteiger partial charge in [-0.05, 0) is 96.5 Å². The van der Waals surface area contributed by atoms with Gasteiger partial charge in [-0.1, -0.05) is 30.3 Å². The van der Waals surface area contributed by atoms with Gasteiger partial charge in [0, 0.05) is 16.9 Å². The maximum Gasteiger partial charge on any atom is 0.416 e. The average molecular weight is 463 g/mol. The van der Waals surface area contributed by atoms with Crippen LogP contribution in [0.1, 0.15) is 58.3 Å². The normalized spacial score (nSPS) is 27.0. The van der Waals surface area contributed by atoms with E-state index in [1.807, 2.05) is 18.2 Å². The Morgan fingerprint density at radius 1 is 0.912 bits per heavy atom. The number of amides is 1. The summed E-state index contributed by atoms with van der Waals surface area (Å²) in [5, 5.41) is 6.51. The molecule has 3 aromatic rings. The van der Waals surface area contributed by atoms with Gasteiger partial charge in [0.15, 0.2) is 0 Å². The van der Waals surface area contributed by atoms with E-state index in [4.69, 9.17) is 0 Å². The number of carbonyl (C=O) groups excluding carboxylic acids is 1. The quantitative estimate of drug-likeness (QED) is 0.430. The van der Waals surface area contributed by atoms with Gasteiger partial charge in [-0.15, -0.1) is 0 Å². The van der Waals surface area contributed by atoms with Crippen molar-refractivity contribution in [2.45, 2.75) is 37.4 Å². The molecule has 0 unspecified atom stereocenters. The third-order valence-electron chi connectivity index (χ3n) is 7.98. The van der Waals surface area contributed by atoms with Crippen molar-refractivity contribution in [3.05, 3.63) is 95.1 Å². The summed E-state index contributed by atoms with van der Waals surface area (Å²) in [6.07, 6.45) is -0.667. The molecule has 6 rings (SSSR count). The molecule has 2 saturated carbocycles. The molecule has 2 aliphatic carbocycles. The molecule has 1 aliphatic heterocycles. The molecule has 1 heterocycles. The van der Waals surface area contributed by atoms with Crippen molar-refractivity contribution in [2.24, 2.45) is 17.8 Å². The van der Waals surface area contributed by atoms with Gasteiger partial charge < -0.3 is 10.6 Å². The molecular formula is C28H25F3N2O. The fourth-order valence-corrected chi connectivity index (χ4v) is 6.56. The maximum atomic E-state index is 13.0. The van der Waals surface area contributed by atoms with E-state index in [9.17, 15) is 18.0 Å². The number of rotatable bonds is 3. The third kappa shape index (κ3) is 3.56. The van der Waals surface area contributed by atoms with Crippen LogP contribution in [0.15, 0.2) is 72.8 Å².